The quantitative estimate of drug-likeness (QED) is 0.590. The highest BCUT2D eigenvalue weighted by Gasteiger charge is 2.31. The molecule has 1 aromatic carbocycles. The molecule has 2 N–H and O–H groups in total. The Kier molecular flexibility index (Phi) is 5.81. The van der Waals surface area contributed by atoms with Gasteiger partial charge < -0.3 is 19.9 Å². The molecule has 1 aliphatic rings. The average molecular weight is 406 g/mol. The molecule has 1 saturated heterocycles. The van der Waals surface area contributed by atoms with Crippen LogP contribution in [-0.2, 0) is 4.79 Å². The van der Waals surface area contributed by atoms with Gasteiger partial charge in [-0.25, -0.2) is 0 Å². The van der Waals surface area contributed by atoms with E-state index in [9.17, 15) is 9.90 Å². The molecule has 1 fully saturated rings. The number of fused-ring (bicyclic) bond motifs is 1. The average Bonchev–Trinajstić information content (AvgIpc) is 3.13. The predicted molar refractivity (Wildman–Crippen MR) is 117 cm³/mol. The minimum atomic E-state index is 0.0659. The molecule has 0 bridgehead atoms. The molecule has 4 rings (SSSR count). The molecular weight excluding hydrogens is 378 g/mol. The van der Waals surface area contributed by atoms with Crippen molar-refractivity contribution in [1.82, 2.24) is 25.0 Å². The van der Waals surface area contributed by atoms with Gasteiger partial charge in [-0.2, -0.15) is 0 Å². The predicted octanol–water partition coefficient (Wildman–Crippen LogP) is 3.15. The maximum atomic E-state index is 12.3. The third kappa shape index (κ3) is 4.07. The number of carbonyl (C=O) groups excluding carboxylic acids is 1. The van der Waals surface area contributed by atoms with E-state index < -0.39 is 0 Å². The molecule has 0 aliphatic carbocycles. The maximum Gasteiger partial charge on any atom is 0.246 e. The number of likely N-dealkylation sites (tertiary alicyclic amines) is 1. The second-order valence-corrected chi connectivity index (χ2v) is 7.60. The molecule has 0 unspecified atom stereocenters. The summed E-state index contributed by atoms with van der Waals surface area (Å²) in [4.78, 5) is 19.8. The number of phenolic OH excluding ortho intramolecular Hbond substituents is 1. The van der Waals surface area contributed by atoms with Gasteiger partial charge in [-0.1, -0.05) is 32.1 Å². The highest BCUT2D eigenvalue weighted by molar-refractivity contribution is 5.88. The topological polar surface area (TPSA) is 85.3 Å². The molecule has 1 aliphatic heterocycles. The third-order valence-corrected chi connectivity index (χ3v) is 5.73. The molecule has 0 saturated carbocycles. The van der Waals surface area contributed by atoms with E-state index in [0.29, 0.717) is 30.0 Å². The van der Waals surface area contributed by atoms with Gasteiger partial charge in [-0.3, -0.25) is 4.79 Å². The van der Waals surface area contributed by atoms with Gasteiger partial charge in [-0.05, 0) is 37.4 Å². The van der Waals surface area contributed by atoms with Crippen molar-refractivity contribution >= 4 is 16.9 Å². The highest BCUT2D eigenvalue weighted by atomic mass is 16.3. The van der Waals surface area contributed by atoms with Gasteiger partial charge in [0.15, 0.2) is 5.65 Å². The molecule has 7 heteroatoms. The number of likely N-dealkylation sites (N-methyl/N-ethyl adjacent to an activating group) is 1. The Balaban J connectivity index is 1.40. The summed E-state index contributed by atoms with van der Waals surface area (Å²) in [7, 11) is 0. The van der Waals surface area contributed by atoms with E-state index in [1.807, 2.05) is 29.2 Å². The van der Waals surface area contributed by atoms with E-state index in [4.69, 9.17) is 0 Å². The lowest BCUT2D eigenvalue weighted by molar-refractivity contribution is -0.130. The van der Waals surface area contributed by atoms with Gasteiger partial charge in [0.2, 0.25) is 5.91 Å². The number of nitrogens with zero attached hydrogens (tertiary/aromatic N) is 4. The number of para-hydroxylation sites is 1. The van der Waals surface area contributed by atoms with Crippen molar-refractivity contribution in [2.45, 2.75) is 19.8 Å². The summed E-state index contributed by atoms with van der Waals surface area (Å²) < 4.78 is 0. The van der Waals surface area contributed by atoms with Gasteiger partial charge in [0, 0.05) is 48.3 Å². The van der Waals surface area contributed by atoms with Gasteiger partial charge in [0.25, 0.3) is 0 Å². The number of rotatable bonds is 7. The number of nitrogens with one attached hydrogen (secondary N) is 1. The second kappa shape index (κ2) is 8.67. The van der Waals surface area contributed by atoms with Gasteiger partial charge in [0.05, 0.1) is 5.69 Å². The fourth-order valence-electron chi connectivity index (χ4n) is 3.74. The van der Waals surface area contributed by atoms with E-state index >= 15 is 0 Å². The number of amides is 1. The molecule has 0 atom stereocenters. The molecule has 3 heterocycles. The molecule has 30 heavy (non-hydrogen) atoms. The van der Waals surface area contributed by atoms with Crippen molar-refractivity contribution in [2.75, 3.05) is 32.7 Å². The van der Waals surface area contributed by atoms with Crippen LogP contribution >= 0.6 is 0 Å². The van der Waals surface area contributed by atoms with Crippen LogP contribution in [-0.4, -0.2) is 68.7 Å². The van der Waals surface area contributed by atoms with E-state index in [0.717, 1.165) is 30.7 Å². The van der Waals surface area contributed by atoms with Crippen molar-refractivity contribution in [2.24, 2.45) is 0 Å². The first kappa shape index (κ1) is 20.1. The van der Waals surface area contributed by atoms with E-state index in [2.05, 4.69) is 40.0 Å². The first-order valence-electron chi connectivity index (χ1n) is 10.4. The number of hydrogen-bond donors (Lipinski definition) is 2. The monoisotopic (exact) mass is 405 g/mol. The number of aromatic hydroxyl groups is 1. The summed E-state index contributed by atoms with van der Waals surface area (Å²) in [5.74, 6) is 0.521. The van der Waals surface area contributed by atoms with Crippen molar-refractivity contribution in [1.29, 1.82) is 0 Å². The summed E-state index contributed by atoms with van der Waals surface area (Å²) in [6, 6.07) is 11.1. The zero-order valence-electron chi connectivity index (χ0n) is 17.4. The minimum absolute atomic E-state index is 0.0659. The number of carbonyl (C=O) groups is 1. The van der Waals surface area contributed by atoms with Gasteiger partial charge >= 0.3 is 0 Å². The zero-order chi connectivity index (χ0) is 21.1. The van der Waals surface area contributed by atoms with Crippen LogP contribution in [0.4, 0.5) is 0 Å². The second-order valence-electron chi connectivity index (χ2n) is 7.60. The van der Waals surface area contributed by atoms with Crippen LogP contribution in [0.25, 0.3) is 22.3 Å². The first-order valence-corrected chi connectivity index (χ1v) is 10.4. The summed E-state index contributed by atoms with van der Waals surface area (Å²) in [5, 5.41) is 19.5. The maximum absolute atomic E-state index is 12.3. The molecule has 3 aromatic rings. The SMILES string of the molecule is CCN(CC)C/C=C/C(=O)N1CC(c2cc3cc(-c4ccccc4O)nnc3[nH]2)C1. The number of benzene rings is 1. The Morgan fingerprint density at radius 2 is 2.00 bits per heavy atom. The van der Waals surface area contributed by atoms with E-state index in [1.165, 1.54) is 0 Å². The van der Waals surface area contributed by atoms with Gasteiger partial charge in [-0.15, -0.1) is 10.2 Å². The Morgan fingerprint density at radius 3 is 2.73 bits per heavy atom. The van der Waals surface area contributed by atoms with E-state index in [1.54, 1.807) is 18.2 Å². The summed E-state index contributed by atoms with van der Waals surface area (Å²) in [6.45, 7) is 8.40. The lowest BCUT2D eigenvalue weighted by Gasteiger charge is -2.38. The number of hydrogen-bond acceptors (Lipinski definition) is 5. The van der Waals surface area contributed by atoms with Crippen molar-refractivity contribution in [3.63, 3.8) is 0 Å². The number of aromatic amines is 1. The summed E-state index contributed by atoms with van der Waals surface area (Å²) in [6.07, 6.45) is 3.63. The standard InChI is InChI=1S/C23H27N5O2/c1-3-27(4-2)11-7-10-22(30)28-14-17(15-28)19-12-16-13-20(25-26-23(16)24-19)18-8-5-6-9-21(18)29/h5-10,12-13,17,29H,3-4,11,14-15H2,1-2H3,(H,24,26)/b10-7+. The van der Waals surface area contributed by atoms with Crippen LogP contribution in [0.2, 0.25) is 0 Å². The Labute approximate surface area is 176 Å². The van der Waals surface area contributed by atoms with Crippen LogP contribution in [0, 0.1) is 0 Å². The molecule has 156 valence electrons. The number of H-pyrrole nitrogens is 1. The molecule has 7 nitrogen and oxygen atoms in total. The Morgan fingerprint density at radius 1 is 1.23 bits per heavy atom. The first-order chi connectivity index (χ1) is 14.6. The molecular formula is C23H27N5O2. The van der Waals surface area contributed by atoms with Crippen LogP contribution in [0.15, 0.2) is 48.6 Å². The smallest absolute Gasteiger partial charge is 0.246 e. The van der Waals surface area contributed by atoms with Gasteiger partial charge in [0.1, 0.15) is 5.75 Å². The summed E-state index contributed by atoms with van der Waals surface area (Å²) in [5.41, 5.74) is 3.07. The molecule has 1 amide bonds. The van der Waals surface area contributed by atoms with Crippen LogP contribution in [0.1, 0.15) is 25.5 Å². The summed E-state index contributed by atoms with van der Waals surface area (Å²) >= 11 is 0. The lowest BCUT2D eigenvalue weighted by Crippen LogP contribution is -2.48. The molecule has 2 aromatic heterocycles. The lowest BCUT2D eigenvalue weighted by atomic mass is 9.96. The Bertz CT molecular complexity index is 1060. The number of phenols is 1. The van der Waals surface area contributed by atoms with Crippen molar-refractivity contribution < 1.29 is 9.90 Å². The Hall–Kier alpha value is -3.19. The third-order valence-electron chi connectivity index (χ3n) is 5.73. The largest absolute Gasteiger partial charge is 0.507 e. The molecule has 0 spiro atoms. The fraction of sp³-hybridized carbons (Fsp3) is 0.348. The highest BCUT2D eigenvalue weighted by Crippen LogP contribution is 2.31. The normalized spacial score (nSPS) is 14.7. The van der Waals surface area contributed by atoms with Crippen molar-refractivity contribution in [3.8, 4) is 17.0 Å². The van der Waals surface area contributed by atoms with Crippen LogP contribution in [0.5, 0.6) is 5.75 Å². The van der Waals surface area contributed by atoms with Crippen LogP contribution < -0.4 is 0 Å². The van der Waals surface area contributed by atoms with E-state index in [-0.39, 0.29) is 17.6 Å². The molecule has 0 radical (unpaired) electrons. The van der Waals surface area contributed by atoms with Crippen LogP contribution in [0.3, 0.4) is 0 Å². The number of aromatic nitrogens is 3. The van der Waals surface area contributed by atoms with Crippen molar-refractivity contribution in [3.05, 3.63) is 54.2 Å². The fourth-order valence-corrected chi connectivity index (χ4v) is 3.74. The zero-order valence-corrected chi connectivity index (χ0v) is 17.4. The minimum Gasteiger partial charge on any atom is -0.507 e.